The van der Waals surface area contributed by atoms with Crippen molar-refractivity contribution in [1.82, 2.24) is 14.4 Å². The van der Waals surface area contributed by atoms with Crippen LogP contribution in [-0.4, -0.2) is 54.6 Å². The van der Waals surface area contributed by atoms with Gasteiger partial charge in [0.15, 0.2) is 0 Å². The van der Waals surface area contributed by atoms with Crippen molar-refractivity contribution in [3.05, 3.63) is 17.0 Å². The van der Waals surface area contributed by atoms with E-state index in [0.29, 0.717) is 25.3 Å². The average molecular weight is 329 g/mol. The van der Waals surface area contributed by atoms with Crippen LogP contribution in [0.5, 0.6) is 0 Å². The van der Waals surface area contributed by atoms with Crippen LogP contribution in [0.25, 0.3) is 0 Å². The van der Waals surface area contributed by atoms with Crippen molar-refractivity contribution in [2.45, 2.75) is 45.7 Å². The predicted molar refractivity (Wildman–Crippen MR) is 81.6 cm³/mol. The molecular weight excluding hydrogens is 306 g/mol. The largest absolute Gasteiger partial charge is 0.361 e. The normalized spacial score (nSPS) is 20.1. The summed E-state index contributed by atoms with van der Waals surface area (Å²) in [5, 5.41) is 3.88. The molecule has 1 aliphatic rings. The number of carbonyl (C=O) groups excluding carboxylic acids is 1. The van der Waals surface area contributed by atoms with Crippen molar-refractivity contribution in [3.8, 4) is 0 Å². The molecule has 0 aromatic carbocycles. The summed E-state index contributed by atoms with van der Waals surface area (Å²) in [6.07, 6.45) is 3.39. The first-order valence-electron chi connectivity index (χ1n) is 7.35. The Hall–Kier alpha value is -1.41. The number of hydrogen-bond donors (Lipinski definition) is 0. The molecule has 0 saturated carbocycles. The van der Waals surface area contributed by atoms with Crippen LogP contribution in [0.1, 0.15) is 36.3 Å². The first kappa shape index (κ1) is 17.0. The van der Waals surface area contributed by atoms with Gasteiger partial charge in [0.05, 0.1) is 18.5 Å². The van der Waals surface area contributed by atoms with Crippen molar-refractivity contribution < 1.29 is 17.7 Å². The monoisotopic (exact) mass is 329 g/mol. The number of amides is 1. The van der Waals surface area contributed by atoms with Crippen LogP contribution in [0.15, 0.2) is 4.52 Å². The lowest BCUT2D eigenvalue weighted by Crippen LogP contribution is -2.51. The van der Waals surface area contributed by atoms with Crippen LogP contribution in [0.3, 0.4) is 0 Å². The highest BCUT2D eigenvalue weighted by Crippen LogP contribution is 2.22. The van der Waals surface area contributed by atoms with E-state index in [9.17, 15) is 13.2 Å². The summed E-state index contributed by atoms with van der Waals surface area (Å²) >= 11 is 0. The molecule has 0 spiro atoms. The topological polar surface area (TPSA) is 83.7 Å². The Kier molecular flexibility index (Phi) is 4.91. The van der Waals surface area contributed by atoms with Crippen molar-refractivity contribution in [3.63, 3.8) is 0 Å². The molecule has 0 radical (unpaired) electrons. The molecule has 22 heavy (non-hydrogen) atoms. The van der Waals surface area contributed by atoms with Crippen LogP contribution in [-0.2, 0) is 21.4 Å². The lowest BCUT2D eigenvalue weighted by molar-refractivity contribution is -0.135. The lowest BCUT2D eigenvalue weighted by Gasteiger charge is -2.34. The quantitative estimate of drug-likeness (QED) is 0.825. The molecule has 124 valence electrons. The summed E-state index contributed by atoms with van der Waals surface area (Å²) in [5.41, 5.74) is 1.62. The highest BCUT2D eigenvalue weighted by atomic mass is 32.2. The minimum atomic E-state index is -3.38. The Bertz CT molecular complexity index is 634. The second-order valence-corrected chi connectivity index (χ2v) is 7.82. The van der Waals surface area contributed by atoms with Crippen LogP contribution in [0, 0.1) is 13.8 Å². The minimum absolute atomic E-state index is 0.176. The Morgan fingerprint density at radius 1 is 1.41 bits per heavy atom. The van der Waals surface area contributed by atoms with Gasteiger partial charge in [0.25, 0.3) is 0 Å². The molecule has 1 saturated heterocycles. The lowest BCUT2D eigenvalue weighted by atomic mass is 10.0. The summed E-state index contributed by atoms with van der Waals surface area (Å²) < 4.78 is 30.2. The van der Waals surface area contributed by atoms with Gasteiger partial charge in [0, 0.05) is 19.2 Å². The molecule has 1 aromatic heterocycles. The molecule has 1 fully saturated rings. The van der Waals surface area contributed by atoms with Gasteiger partial charge in [0.1, 0.15) is 11.8 Å². The third-order valence-electron chi connectivity index (χ3n) is 4.12. The van der Waals surface area contributed by atoms with E-state index in [1.165, 1.54) is 4.31 Å². The van der Waals surface area contributed by atoms with Crippen LogP contribution >= 0.6 is 0 Å². The molecule has 2 heterocycles. The predicted octanol–water partition coefficient (Wildman–Crippen LogP) is 1.06. The number of piperidine rings is 1. The van der Waals surface area contributed by atoms with Gasteiger partial charge in [-0.3, -0.25) is 4.79 Å². The molecule has 1 aliphatic heterocycles. The first-order valence-corrected chi connectivity index (χ1v) is 9.20. The number of nitrogens with zero attached hydrogens (tertiary/aromatic N) is 3. The number of sulfonamides is 1. The standard InChI is InChI=1S/C14H23N3O4S/c1-10-12(11(2)21-15-10)9-16(3)14(18)13-7-5-6-8-17(13)22(4,19)20/h13H,5-9H2,1-4H3/t13-/m1/s1. The van der Waals surface area contributed by atoms with E-state index in [-0.39, 0.29) is 5.91 Å². The zero-order valence-electron chi connectivity index (χ0n) is 13.5. The van der Waals surface area contributed by atoms with E-state index >= 15 is 0 Å². The maximum Gasteiger partial charge on any atom is 0.241 e. The number of aryl methyl sites for hydroxylation is 2. The second-order valence-electron chi connectivity index (χ2n) is 5.88. The van der Waals surface area contributed by atoms with Gasteiger partial charge < -0.3 is 9.42 Å². The van der Waals surface area contributed by atoms with E-state index in [1.807, 2.05) is 6.92 Å². The molecule has 1 amide bonds. The third-order valence-corrected chi connectivity index (χ3v) is 5.41. The van der Waals surface area contributed by atoms with Gasteiger partial charge in [0.2, 0.25) is 15.9 Å². The fourth-order valence-corrected chi connectivity index (χ4v) is 3.96. The molecule has 8 heteroatoms. The molecule has 0 aliphatic carbocycles. The number of likely N-dealkylation sites (N-methyl/N-ethyl adjacent to an activating group) is 1. The molecule has 2 rings (SSSR count). The molecule has 1 atom stereocenters. The molecular formula is C14H23N3O4S. The van der Waals surface area contributed by atoms with E-state index in [2.05, 4.69) is 5.16 Å². The molecule has 0 bridgehead atoms. The molecule has 7 nitrogen and oxygen atoms in total. The molecule has 0 N–H and O–H groups in total. The zero-order chi connectivity index (χ0) is 16.5. The zero-order valence-corrected chi connectivity index (χ0v) is 14.3. The van der Waals surface area contributed by atoms with Crippen molar-refractivity contribution in [2.24, 2.45) is 0 Å². The number of rotatable bonds is 4. The van der Waals surface area contributed by atoms with Gasteiger partial charge >= 0.3 is 0 Å². The number of hydrogen-bond acceptors (Lipinski definition) is 5. The Labute approximate surface area is 131 Å². The van der Waals surface area contributed by atoms with E-state index in [1.54, 1.807) is 18.9 Å². The first-order chi connectivity index (χ1) is 10.2. The van der Waals surface area contributed by atoms with Crippen molar-refractivity contribution in [1.29, 1.82) is 0 Å². The highest BCUT2D eigenvalue weighted by molar-refractivity contribution is 7.88. The van der Waals surface area contributed by atoms with Gasteiger partial charge in [-0.25, -0.2) is 8.42 Å². The third kappa shape index (κ3) is 3.49. The summed E-state index contributed by atoms with van der Waals surface area (Å²) in [5.74, 6) is 0.505. The average Bonchev–Trinajstić information content (AvgIpc) is 2.77. The minimum Gasteiger partial charge on any atom is -0.361 e. The maximum atomic E-state index is 12.7. The van der Waals surface area contributed by atoms with Crippen LogP contribution < -0.4 is 0 Å². The van der Waals surface area contributed by atoms with Crippen LogP contribution in [0.4, 0.5) is 0 Å². The molecule has 1 aromatic rings. The molecule has 0 unspecified atom stereocenters. The summed E-state index contributed by atoms with van der Waals surface area (Å²) in [6, 6.07) is -0.603. The number of aromatic nitrogens is 1. The van der Waals surface area contributed by atoms with E-state index < -0.39 is 16.1 Å². The van der Waals surface area contributed by atoms with Gasteiger partial charge in [-0.15, -0.1) is 0 Å². The van der Waals surface area contributed by atoms with Crippen molar-refractivity contribution >= 4 is 15.9 Å². The van der Waals surface area contributed by atoms with Crippen molar-refractivity contribution in [2.75, 3.05) is 19.8 Å². The Morgan fingerprint density at radius 2 is 2.09 bits per heavy atom. The van der Waals surface area contributed by atoms with E-state index in [4.69, 9.17) is 4.52 Å². The fraction of sp³-hybridized carbons (Fsp3) is 0.714. The summed E-state index contributed by atoms with van der Waals surface area (Å²) in [6.45, 7) is 4.41. The van der Waals surface area contributed by atoms with Gasteiger partial charge in [-0.1, -0.05) is 11.6 Å². The fourth-order valence-electron chi connectivity index (χ4n) is 2.85. The van der Waals surface area contributed by atoms with Gasteiger partial charge in [-0.05, 0) is 26.7 Å². The van der Waals surface area contributed by atoms with E-state index in [0.717, 1.165) is 30.4 Å². The van der Waals surface area contributed by atoms with Crippen LogP contribution in [0.2, 0.25) is 0 Å². The summed E-state index contributed by atoms with van der Waals surface area (Å²) in [4.78, 5) is 14.2. The van der Waals surface area contributed by atoms with Gasteiger partial charge in [-0.2, -0.15) is 4.31 Å². The second kappa shape index (κ2) is 6.37. The Balaban J connectivity index is 2.15. The SMILES string of the molecule is Cc1noc(C)c1CN(C)C(=O)[C@H]1CCCCN1S(C)(=O)=O. The highest BCUT2D eigenvalue weighted by Gasteiger charge is 2.36. The number of carbonyl (C=O) groups is 1. The Morgan fingerprint density at radius 3 is 2.64 bits per heavy atom. The summed E-state index contributed by atoms with van der Waals surface area (Å²) in [7, 11) is -1.69. The maximum absolute atomic E-state index is 12.7. The smallest absolute Gasteiger partial charge is 0.241 e.